The molecule has 0 aromatic heterocycles. The maximum atomic E-state index is 13.1. The molecule has 4 rings (SSSR count). The molecule has 1 heterocycles. The predicted molar refractivity (Wildman–Crippen MR) is 132 cm³/mol. The van der Waals surface area contributed by atoms with Crippen LogP contribution >= 0.6 is 0 Å². The molecule has 0 fully saturated rings. The van der Waals surface area contributed by atoms with Crippen LogP contribution in [0.3, 0.4) is 0 Å². The van der Waals surface area contributed by atoms with E-state index >= 15 is 0 Å². The van der Waals surface area contributed by atoms with E-state index in [4.69, 9.17) is 10.5 Å². The first-order valence-electron chi connectivity index (χ1n) is 10.7. The molecule has 0 saturated heterocycles. The fraction of sp³-hybridized carbons (Fsp3) is 0.115. The van der Waals surface area contributed by atoms with Crippen LogP contribution in [0.15, 0.2) is 72.8 Å². The van der Waals surface area contributed by atoms with Crippen LogP contribution in [0.25, 0.3) is 11.3 Å². The zero-order valence-electron chi connectivity index (χ0n) is 18.8. The van der Waals surface area contributed by atoms with Crippen LogP contribution in [0, 0.1) is 0 Å². The van der Waals surface area contributed by atoms with E-state index in [1.54, 1.807) is 56.4 Å². The van der Waals surface area contributed by atoms with E-state index in [1.165, 1.54) is 4.90 Å². The molecule has 0 aliphatic carbocycles. The third-order valence-electron chi connectivity index (χ3n) is 5.44. The number of primary amides is 1. The Kier molecular flexibility index (Phi) is 6.31. The summed E-state index contributed by atoms with van der Waals surface area (Å²) in [5, 5.41) is 6.21. The van der Waals surface area contributed by atoms with Crippen LogP contribution in [0.2, 0.25) is 0 Å². The van der Waals surface area contributed by atoms with Crippen molar-refractivity contribution in [2.24, 2.45) is 5.73 Å². The number of urea groups is 1. The van der Waals surface area contributed by atoms with E-state index in [-0.39, 0.29) is 12.5 Å². The summed E-state index contributed by atoms with van der Waals surface area (Å²) in [4.78, 5) is 38.0. The van der Waals surface area contributed by atoms with Crippen molar-refractivity contribution in [3.05, 3.63) is 89.5 Å². The molecule has 0 spiro atoms. The van der Waals surface area contributed by atoms with E-state index in [2.05, 4.69) is 10.6 Å². The summed E-state index contributed by atoms with van der Waals surface area (Å²) in [5.74, 6) is -0.730. The van der Waals surface area contributed by atoms with Crippen molar-refractivity contribution in [3.8, 4) is 0 Å². The first-order valence-corrected chi connectivity index (χ1v) is 10.7. The van der Waals surface area contributed by atoms with Gasteiger partial charge in [-0.2, -0.15) is 0 Å². The van der Waals surface area contributed by atoms with Gasteiger partial charge in [-0.25, -0.2) is 9.59 Å². The third-order valence-corrected chi connectivity index (χ3v) is 5.44. The number of nitrogens with two attached hydrogens (primary N) is 1. The minimum absolute atomic E-state index is 0.267. The van der Waals surface area contributed by atoms with Crippen molar-refractivity contribution in [1.29, 1.82) is 0 Å². The van der Waals surface area contributed by atoms with Crippen molar-refractivity contribution < 1.29 is 19.1 Å². The smallest absolute Gasteiger partial charge is 0.338 e. The summed E-state index contributed by atoms with van der Waals surface area (Å²) in [7, 11) is 1.59. The number of carbonyl (C=O) groups is 3. The van der Waals surface area contributed by atoms with Gasteiger partial charge in [0.15, 0.2) is 0 Å². The molecule has 0 saturated carbocycles. The molecule has 8 nitrogen and oxygen atoms in total. The molecule has 0 radical (unpaired) electrons. The second-order valence-electron chi connectivity index (χ2n) is 7.62. The standard InChI is InChI=1S/C26H24N4O4/c1-3-34-25(32)17-9-14-20-21(15-17)29-24(31)22(20)23(16-7-5-4-6-8-16)28-18-10-12-19(13-11-18)30(2)26(27)33/h4-15,28H,3H2,1-2H3,(H2,27,33)(H,29,31). The number of nitrogens with zero attached hydrogens (tertiary/aromatic N) is 1. The second kappa shape index (κ2) is 9.50. The van der Waals surface area contributed by atoms with Crippen LogP contribution in [0.5, 0.6) is 0 Å². The van der Waals surface area contributed by atoms with Gasteiger partial charge in [-0.1, -0.05) is 36.4 Å². The lowest BCUT2D eigenvalue weighted by molar-refractivity contribution is -0.110. The fourth-order valence-electron chi connectivity index (χ4n) is 3.69. The maximum absolute atomic E-state index is 13.1. The fourth-order valence-corrected chi connectivity index (χ4v) is 3.69. The average Bonchev–Trinajstić information content (AvgIpc) is 3.17. The number of nitrogens with one attached hydrogen (secondary N) is 2. The van der Waals surface area contributed by atoms with Gasteiger partial charge in [0.25, 0.3) is 5.91 Å². The molecular formula is C26H24N4O4. The quantitative estimate of drug-likeness (QED) is 0.378. The molecule has 3 aromatic rings. The van der Waals surface area contributed by atoms with Crippen molar-refractivity contribution in [2.45, 2.75) is 6.92 Å². The van der Waals surface area contributed by atoms with E-state index in [1.807, 2.05) is 30.3 Å². The molecular weight excluding hydrogens is 432 g/mol. The van der Waals surface area contributed by atoms with Crippen LogP contribution < -0.4 is 21.3 Å². The molecule has 3 amide bonds. The lowest BCUT2D eigenvalue weighted by Crippen LogP contribution is -2.31. The van der Waals surface area contributed by atoms with Gasteiger partial charge in [-0.05, 0) is 48.9 Å². The minimum atomic E-state index is -0.561. The highest BCUT2D eigenvalue weighted by atomic mass is 16.5. The number of benzene rings is 3. The van der Waals surface area contributed by atoms with E-state index in [0.29, 0.717) is 33.8 Å². The lowest BCUT2D eigenvalue weighted by Gasteiger charge is -2.17. The molecule has 1 aliphatic rings. The molecule has 172 valence electrons. The zero-order chi connectivity index (χ0) is 24.2. The molecule has 1 aliphatic heterocycles. The Morgan fingerprint density at radius 2 is 1.71 bits per heavy atom. The van der Waals surface area contributed by atoms with E-state index < -0.39 is 12.0 Å². The Bertz CT molecular complexity index is 1280. The van der Waals surface area contributed by atoms with Gasteiger partial charge in [-0.15, -0.1) is 0 Å². The highest BCUT2D eigenvalue weighted by Gasteiger charge is 2.29. The van der Waals surface area contributed by atoms with Gasteiger partial charge in [-0.3, -0.25) is 9.69 Å². The van der Waals surface area contributed by atoms with Gasteiger partial charge < -0.3 is 21.1 Å². The number of carbonyl (C=O) groups excluding carboxylic acids is 3. The second-order valence-corrected chi connectivity index (χ2v) is 7.62. The summed E-state index contributed by atoms with van der Waals surface area (Å²) in [6, 6.07) is 21.1. The molecule has 34 heavy (non-hydrogen) atoms. The zero-order valence-corrected chi connectivity index (χ0v) is 18.8. The highest BCUT2D eigenvalue weighted by Crippen LogP contribution is 2.38. The van der Waals surface area contributed by atoms with Crippen molar-refractivity contribution in [2.75, 3.05) is 29.2 Å². The lowest BCUT2D eigenvalue weighted by atomic mass is 9.99. The van der Waals surface area contributed by atoms with Gasteiger partial charge >= 0.3 is 12.0 Å². The Morgan fingerprint density at radius 3 is 2.35 bits per heavy atom. The molecule has 0 atom stereocenters. The van der Waals surface area contributed by atoms with Gasteiger partial charge in [0, 0.05) is 24.0 Å². The van der Waals surface area contributed by atoms with E-state index in [0.717, 1.165) is 11.3 Å². The first-order chi connectivity index (χ1) is 16.4. The molecule has 3 aromatic carbocycles. The third kappa shape index (κ3) is 4.47. The average molecular weight is 457 g/mol. The van der Waals surface area contributed by atoms with E-state index in [9.17, 15) is 14.4 Å². The summed E-state index contributed by atoms with van der Waals surface area (Å²) >= 11 is 0. The summed E-state index contributed by atoms with van der Waals surface area (Å²) in [6.45, 7) is 2.01. The number of anilines is 3. The highest BCUT2D eigenvalue weighted by molar-refractivity contribution is 6.37. The van der Waals surface area contributed by atoms with Crippen LogP contribution in [0.4, 0.5) is 21.9 Å². The summed E-state index contributed by atoms with van der Waals surface area (Å²) in [5.41, 5.74) is 10.2. The monoisotopic (exact) mass is 456 g/mol. The largest absolute Gasteiger partial charge is 0.462 e. The Morgan fingerprint density at radius 1 is 1.00 bits per heavy atom. The van der Waals surface area contributed by atoms with Gasteiger partial charge in [0.2, 0.25) is 0 Å². The normalized spacial score (nSPS) is 13.5. The number of amides is 3. The minimum Gasteiger partial charge on any atom is -0.462 e. The number of hydrogen-bond acceptors (Lipinski definition) is 5. The van der Waals surface area contributed by atoms with Crippen molar-refractivity contribution >= 4 is 46.2 Å². The number of esters is 1. The topological polar surface area (TPSA) is 114 Å². The molecule has 0 unspecified atom stereocenters. The molecule has 0 bridgehead atoms. The van der Waals surface area contributed by atoms with Gasteiger partial charge in [0.1, 0.15) is 0 Å². The SMILES string of the molecule is CCOC(=O)c1ccc2c(c1)NC(=O)C2=C(Nc1ccc(N(C)C(N)=O)cc1)c1ccccc1. The van der Waals surface area contributed by atoms with Crippen molar-refractivity contribution in [1.82, 2.24) is 0 Å². The number of hydrogen-bond donors (Lipinski definition) is 3. The Balaban J connectivity index is 1.77. The van der Waals surface area contributed by atoms with Gasteiger partial charge in [0.05, 0.1) is 29.1 Å². The number of fused-ring (bicyclic) bond motifs is 1. The Labute approximate surface area is 197 Å². The predicted octanol–water partition coefficient (Wildman–Crippen LogP) is 4.31. The summed E-state index contributed by atoms with van der Waals surface area (Å²) in [6.07, 6.45) is 0. The van der Waals surface area contributed by atoms with Crippen LogP contribution in [0.1, 0.15) is 28.4 Å². The number of rotatable bonds is 6. The molecule has 8 heteroatoms. The van der Waals surface area contributed by atoms with Crippen LogP contribution in [-0.2, 0) is 9.53 Å². The van der Waals surface area contributed by atoms with Crippen LogP contribution in [-0.4, -0.2) is 31.6 Å². The maximum Gasteiger partial charge on any atom is 0.338 e. The summed E-state index contributed by atoms with van der Waals surface area (Å²) < 4.78 is 5.07. The number of ether oxygens (including phenoxy) is 1. The Hall–Kier alpha value is -4.59. The van der Waals surface area contributed by atoms with Crippen molar-refractivity contribution in [3.63, 3.8) is 0 Å². The molecule has 4 N–H and O–H groups in total. The first kappa shape index (κ1) is 22.6.